The maximum Gasteiger partial charge on any atom is 0.310 e. The second kappa shape index (κ2) is 10.3. The molecule has 148 valence electrons. The summed E-state index contributed by atoms with van der Waals surface area (Å²) in [7, 11) is 0. The van der Waals surface area contributed by atoms with E-state index in [1.807, 2.05) is 44.2 Å². The SMILES string of the molecule is CC(=O)Nc1ccc(CC(=O)OCC(=O)N(Cc2ccccc2)C(C)C)cc1. The number of anilines is 1. The molecule has 0 bridgehead atoms. The van der Waals surface area contributed by atoms with Gasteiger partial charge in [-0.05, 0) is 37.1 Å². The van der Waals surface area contributed by atoms with E-state index in [1.165, 1.54) is 6.92 Å². The molecule has 2 aromatic rings. The monoisotopic (exact) mass is 382 g/mol. The van der Waals surface area contributed by atoms with Crippen molar-refractivity contribution in [3.05, 3.63) is 65.7 Å². The van der Waals surface area contributed by atoms with Crippen LogP contribution in [-0.4, -0.2) is 35.3 Å². The molecule has 0 heterocycles. The summed E-state index contributed by atoms with van der Waals surface area (Å²) in [5, 5.41) is 2.66. The molecule has 0 aromatic heterocycles. The largest absolute Gasteiger partial charge is 0.455 e. The number of benzene rings is 2. The Balaban J connectivity index is 1.86. The van der Waals surface area contributed by atoms with Crippen molar-refractivity contribution in [2.75, 3.05) is 11.9 Å². The molecule has 0 aliphatic rings. The van der Waals surface area contributed by atoms with E-state index in [0.717, 1.165) is 11.1 Å². The fourth-order valence-electron chi connectivity index (χ4n) is 2.69. The number of hydrogen-bond donors (Lipinski definition) is 1. The molecule has 0 fully saturated rings. The first-order valence-electron chi connectivity index (χ1n) is 9.20. The first-order valence-corrected chi connectivity index (χ1v) is 9.20. The summed E-state index contributed by atoms with van der Waals surface area (Å²) in [6.45, 7) is 5.48. The molecule has 2 aromatic carbocycles. The maximum absolute atomic E-state index is 12.5. The Morgan fingerprint density at radius 3 is 2.18 bits per heavy atom. The summed E-state index contributed by atoms with van der Waals surface area (Å²) in [6, 6.07) is 16.6. The molecule has 0 aliphatic heterocycles. The average Bonchev–Trinajstić information content (AvgIpc) is 2.66. The van der Waals surface area contributed by atoms with Gasteiger partial charge in [0.2, 0.25) is 5.91 Å². The van der Waals surface area contributed by atoms with Gasteiger partial charge in [-0.3, -0.25) is 14.4 Å². The van der Waals surface area contributed by atoms with Gasteiger partial charge in [0.05, 0.1) is 6.42 Å². The quantitative estimate of drug-likeness (QED) is 0.712. The van der Waals surface area contributed by atoms with Gasteiger partial charge >= 0.3 is 5.97 Å². The van der Waals surface area contributed by atoms with E-state index >= 15 is 0 Å². The number of nitrogens with zero attached hydrogens (tertiary/aromatic N) is 1. The van der Waals surface area contributed by atoms with Crippen molar-refractivity contribution in [2.24, 2.45) is 0 Å². The number of hydrogen-bond acceptors (Lipinski definition) is 4. The lowest BCUT2D eigenvalue weighted by Gasteiger charge is -2.26. The Morgan fingerprint density at radius 2 is 1.61 bits per heavy atom. The Hall–Kier alpha value is -3.15. The highest BCUT2D eigenvalue weighted by Gasteiger charge is 2.19. The van der Waals surface area contributed by atoms with Crippen molar-refractivity contribution in [1.82, 2.24) is 4.90 Å². The van der Waals surface area contributed by atoms with Crippen LogP contribution in [0.5, 0.6) is 0 Å². The molecule has 0 atom stereocenters. The predicted molar refractivity (Wildman–Crippen MR) is 108 cm³/mol. The van der Waals surface area contributed by atoms with Crippen LogP contribution in [0.4, 0.5) is 5.69 Å². The van der Waals surface area contributed by atoms with Crippen molar-refractivity contribution >= 4 is 23.5 Å². The Kier molecular flexibility index (Phi) is 7.75. The van der Waals surface area contributed by atoms with Crippen LogP contribution in [0.2, 0.25) is 0 Å². The van der Waals surface area contributed by atoms with Gasteiger partial charge in [0.25, 0.3) is 5.91 Å². The third-order valence-corrected chi connectivity index (χ3v) is 4.12. The molecule has 0 saturated heterocycles. The minimum atomic E-state index is -0.468. The minimum Gasteiger partial charge on any atom is -0.455 e. The summed E-state index contributed by atoms with van der Waals surface area (Å²) >= 11 is 0. The molecule has 6 nitrogen and oxygen atoms in total. The van der Waals surface area contributed by atoms with Crippen LogP contribution >= 0.6 is 0 Å². The minimum absolute atomic E-state index is 0.00673. The van der Waals surface area contributed by atoms with E-state index in [1.54, 1.807) is 29.2 Å². The maximum atomic E-state index is 12.5. The van der Waals surface area contributed by atoms with Crippen molar-refractivity contribution in [3.63, 3.8) is 0 Å². The summed E-state index contributed by atoms with van der Waals surface area (Å²) in [6.07, 6.45) is 0.0635. The van der Waals surface area contributed by atoms with Crippen molar-refractivity contribution in [1.29, 1.82) is 0 Å². The number of nitrogens with one attached hydrogen (secondary N) is 1. The zero-order valence-electron chi connectivity index (χ0n) is 16.5. The topological polar surface area (TPSA) is 75.7 Å². The Labute approximate surface area is 165 Å². The zero-order valence-corrected chi connectivity index (χ0v) is 16.5. The van der Waals surface area contributed by atoms with E-state index in [4.69, 9.17) is 4.74 Å². The molecule has 0 aliphatic carbocycles. The van der Waals surface area contributed by atoms with Gasteiger partial charge < -0.3 is 15.0 Å². The van der Waals surface area contributed by atoms with Crippen LogP contribution < -0.4 is 5.32 Å². The Morgan fingerprint density at radius 1 is 0.964 bits per heavy atom. The zero-order chi connectivity index (χ0) is 20.5. The highest BCUT2D eigenvalue weighted by atomic mass is 16.5. The molecule has 6 heteroatoms. The first-order chi connectivity index (χ1) is 13.3. The fourth-order valence-corrected chi connectivity index (χ4v) is 2.69. The average molecular weight is 382 g/mol. The third-order valence-electron chi connectivity index (χ3n) is 4.12. The molecule has 0 unspecified atom stereocenters. The predicted octanol–water partition coefficient (Wildman–Crippen LogP) is 3.17. The van der Waals surface area contributed by atoms with E-state index in [2.05, 4.69) is 5.32 Å². The van der Waals surface area contributed by atoms with E-state index in [9.17, 15) is 14.4 Å². The standard InChI is InChI=1S/C22H26N2O4/c1-16(2)24(14-19-7-5-4-6-8-19)21(26)15-28-22(27)13-18-9-11-20(12-10-18)23-17(3)25/h4-12,16H,13-15H2,1-3H3,(H,23,25). The molecule has 0 spiro atoms. The molecule has 28 heavy (non-hydrogen) atoms. The number of esters is 1. The summed E-state index contributed by atoms with van der Waals surface area (Å²) in [5.41, 5.74) is 2.43. The molecular weight excluding hydrogens is 356 g/mol. The first kappa shape index (κ1) is 21.2. The molecule has 0 radical (unpaired) electrons. The smallest absolute Gasteiger partial charge is 0.310 e. The lowest BCUT2D eigenvalue weighted by Crippen LogP contribution is -2.39. The van der Waals surface area contributed by atoms with Gasteiger partial charge in [-0.1, -0.05) is 42.5 Å². The van der Waals surface area contributed by atoms with Gasteiger partial charge in [0, 0.05) is 25.2 Å². The van der Waals surface area contributed by atoms with Crippen LogP contribution in [0.1, 0.15) is 31.9 Å². The van der Waals surface area contributed by atoms with Gasteiger partial charge in [-0.25, -0.2) is 0 Å². The van der Waals surface area contributed by atoms with Crippen molar-refractivity contribution in [3.8, 4) is 0 Å². The van der Waals surface area contributed by atoms with Gasteiger partial charge in [-0.2, -0.15) is 0 Å². The second-order valence-corrected chi connectivity index (χ2v) is 6.82. The fraction of sp³-hybridized carbons (Fsp3) is 0.318. The van der Waals surface area contributed by atoms with Crippen LogP contribution in [0.15, 0.2) is 54.6 Å². The van der Waals surface area contributed by atoms with Crippen LogP contribution in [0.3, 0.4) is 0 Å². The molecule has 2 rings (SSSR count). The van der Waals surface area contributed by atoms with E-state index in [-0.39, 0.29) is 30.9 Å². The highest BCUT2D eigenvalue weighted by Crippen LogP contribution is 2.11. The van der Waals surface area contributed by atoms with E-state index < -0.39 is 5.97 Å². The summed E-state index contributed by atoms with van der Waals surface area (Å²) < 4.78 is 5.17. The number of rotatable bonds is 8. The summed E-state index contributed by atoms with van der Waals surface area (Å²) in [4.78, 5) is 37.3. The van der Waals surface area contributed by atoms with Crippen molar-refractivity contribution in [2.45, 2.75) is 39.8 Å². The number of ether oxygens (including phenoxy) is 1. The number of carbonyl (C=O) groups excluding carboxylic acids is 3. The van der Waals surface area contributed by atoms with Gasteiger partial charge in [-0.15, -0.1) is 0 Å². The van der Waals surface area contributed by atoms with Crippen LogP contribution in [-0.2, 0) is 32.1 Å². The number of carbonyl (C=O) groups is 3. The second-order valence-electron chi connectivity index (χ2n) is 6.82. The third kappa shape index (κ3) is 6.87. The normalized spacial score (nSPS) is 10.4. The lowest BCUT2D eigenvalue weighted by atomic mass is 10.1. The Bertz CT molecular complexity index is 801. The molecule has 2 amide bonds. The molecule has 1 N–H and O–H groups in total. The number of amides is 2. The lowest BCUT2D eigenvalue weighted by molar-refractivity contribution is -0.152. The van der Waals surface area contributed by atoms with Crippen molar-refractivity contribution < 1.29 is 19.1 Å². The molecule has 0 saturated carbocycles. The summed E-state index contributed by atoms with van der Waals surface area (Å²) in [5.74, 6) is -0.854. The van der Waals surface area contributed by atoms with E-state index in [0.29, 0.717) is 12.2 Å². The van der Waals surface area contributed by atoms with Gasteiger partial charge in [0.1, 0.15) is 0 Å². The highest BCUT2D eigenvalue weighted by molar-refractivity contribution is 5.88. The van der Waals surface area contributed by atoms with Gasteiger partial charge in [0.15, 0.2) is 6.61 Å². The molecular formula is C22H26N2O4. The van der Waals surface area contributed by atoms with Crippen LogP contribution in [0.25, 0.3) is 0 Å². The van der Waals surface area contributed by atoms with Crippen LogP contribution in [0, 0.1) is 0 Å².